The normalized spacial score (nSPS) is 21.3. The largest absolute Gasteiger partial charge is 0.342 e. The first-order valence-electron chi connectivity index (χ1n) is 7.18. The molecule has 98 valence electrons. The molecule has 0 radical (unpaired) electrons. The maximum Gasteiger partial charge on any atom is 0.222 e. The van der Waals surface area contributed by atoms with Gasteiger partial charge in [-0.3, -0.25) is 4.79 Å². The Bertz CT molecular complexity index is 243. The minimum atomic E-state index is 0.225. The van der Waals surface area contributed by atoms with E-state index < -0.39 is 0 Å². The van der Waals surface area contributed by atoms with Gasteiger partial charge in [0, 0.05) is 25.6 Å². The average Bonchev–Trinajstić information content (AvgIpc) is 3.10. The summed E-state index contributed by atoms with van der Waals surface area (Å²) in [6, 6.07) is 0.225. The van der Waals surface area contributed by atoms with Crippen molar-refractivity contribution in [1.29, 1.82) is 0 Å². The van der Waals surface area contributed by atoms with Crippen molar-refractivity contribution in [1.82, 2.24) is 4.90 Å². The number of carbonyl (C=O) groups is 1. The summed E-state index contributed by atoms with van der Waals surface area (Å²) in [7, 11) is 0. The molecular weight excluding hydrogens is 212 g/mol. The fraction of sp³-hybridized carbons (Fsp3) is 0.929. The van der Waals surface area contributed by atoms with Crippen molar-refractivity contribution in [3.05, 3.63) is 0 Å². The van der Waals surface area contributed by atoms with Crippen molar-refractivity contribution in [3.63, 3.8) is 0 Å². The molecule has 1 amide bonds. The molecule has 2 aliphatic carbocycles. The minimum absolute atomic E-state index is 0.225. The third-order valence-electron chi connectivity index (χ3n) is 3.75. The van der Waals surface area contributed by atoms with Gasteiger partial charge in [0.2, 0.25) is 5.91 Å². The fourth-order valence-electron chi connectivity index (χ4n) is 2.24. The zero-order valence-corrected chi connectivity index (χ0v) is 11.0. The van der Waals surface area contributed by atoms with Crippen LogP contribution < -0.4 is 5.73 Å². The van der Waals surface area contributed by atoms with E-state index in [1.807, 2.05) is 6.92 Å². The summed E-state index contributed by atoms with van der Waals surface area (Å²) in [6.07, 6.45) is 7.92. The number of hydrogen-bond acceptors (Lipinski definition) is 2. The highest BCUT2D eigenvalue weighted by Gasteiger charge is 2.31. The van der Waals surface area contributed by atoms with E-state index in [1.54, 1.807) is 0 Å². The molecule has 17 heavy (non-hydrogen) atoms. The van der Waals surface area contributed by atoms with Gasteiger partial charge in [0.25, 0.3) is 0 Å². The molecule has 3 nitrogen and oxygen atoms in total. The Hall–Kier alpha value is -0.570. The van der Waals surface area contributed by atoms with Crippen LogP contribution in [0.5, 0.6) is 0 Å². The predicted molar refractivity (Wildman–Crippen MR) is 69.5 cm³/mol. The van der Waals surface area contributed by atoms with Crippen molar-refractivity contribution in [2.24, 2.45) is 17.6 Å². The monoisotopic (exact) mass is 238 g/mol. The first-order valence-corrected chi connectivity index (χ1v) is 7.18. The lowest BCUT2D eigenvalue weighted by Crippen LogP contribution is -2.34. The van der Waals surface area contributed by atoms with Crippen molar-refractivity contribution >= 4 is 5.91 Å². The summed E-state index contributed by atoms with van der Waals surface area (Å²) >= 11 is 0. The third kappa shape index (κ3) is 5.07. The summed E-state index contributed by atoms with van der Waals surface area (Å²) in [6.45, 7) is 4.05. The van der Waals surface area contributed by atoms with Crippen molar-refractivity contribution in [2.75, 3.05) is 13.1 Å². The molecule has 3 heteroatoms. The molecule has 2 N–H and O–H groups in total. The highest BCUT2D eigenvalue weighted by Crippen LogP contribution is 2.34. The smallest absolute Gasteiger partial charge is 0.222 e. The number of rotatable bonds is 8. The maximum atomic E-state index is 12.1. The van der Waals surface area contributed by atoms with E-state index in [-0.39, 0.29) is 6.04 Å². The Morgan fingerprint density at radius 3 is 2.18 bits per heavy atom. The topological polar surface area (TPSA) is 46.3 Å². The average molecular weight is 238 g/mol. The number of amides is 1. The first-order chi connectivity index (χ1) is 8.15. The molecule has 0 saturated heterocycles. The quantitative estimate of drug-likeness (QED) is 0.704. The Morgan fingerprint density at radius 1 is 1.24 bits per heavy atom. The van der Waals surface area contributed by atoms with E-state index >= 15 is 0 Å². The molecule has 0 aromatic heterocycles. The second-order valence-corrected chi connectivity index (χ2v) is 6.05. The highest BCUT2D eigenvalue weighted by molar-refractivity contribution is 5.76. The highest BCUT2D eigenvalue weighted by atomic mass is 16.2. The van der Waals surface area contributed by atoms with Gasteiger partial charge in [-0.2, -0.15) is 0 Å². The van der Waals surface area contributed by atoms with E-state index in [0.717, 1.165) is 37.8 Å². The van der Waals surface area contributed by atoms with Crippen LogP contribution in [0, 0.1) is 11.8 Å². The lowest BCUT2D eigenvalue weighted by atomic mass is 10.1. The van der Waals surface area contributed by atoms with Gasteiger partial charge in [0.15, 0.2) is 0 Å². The molecule has 0 aromatic carbocycles. The van der Waals surface area contributed by atoms with Gasteiger partial charge in [-0.25, -0.2) is 0 Å². The number of carbonyl (C=O) groups excluding carboxylic acids is 1. The molecular formula is C14H26N2O. The number of nitrogens with zero attached hydrogens (tertiary/aromatic N) is 1. The SMILES string of the molecule is CC(N)CCCC(=O)N(CC1CC1)CC1CC1. The van der Waals surface area contributed by atoms with Gasteiger partial charge in [-0.1, -0.05) is 0 Å². The Labute approximate surface area is 105 Å². The Balaban J connectivity index is 1.70. The van der Waals surface area contributed by atoms with E-state index in [2.05, 4.69) is 4.90 Å². The molecule has 2 fully saturated rings. The lowest BCUT2D eigenvalue weighted by Gasteiger charge is -2.22. The van der Waals surface area contributed by atoms with Crippen molar-refractivity contribution in [2.45, 2.75) is 57.9 Å². The molecule has 1 atom stereocenters. The van der Waals surface area contributed by atoms with Crippen LogP contribution in [0.4, 0.5) is 0 Å². The van der Waals surface area contributed by atoms with E-state index in [1.165, 1.54) is 25.7 Å². The van der Waals surface area contributed by atoms with Crippen LogP contribution in [-0.2, 0) is 4.79 Å². The Kier molecular flexibility index (Phi) is 4.43. The molecule has 1 unspecified atom stereocenters. The molecule has 0 aromatic rings. The van der Waals surface area contributed by atoms with Gasteiger partial charge in [-0.15, -0.1) is 0 Å². The van der Waals surface area contributed by atoms with E-state index in [4.69, 9.17) is 5.73 Å². The lowest BCUT2D eigenvalue weighted by molar-refractivity contribution is -0.131. The number of nitrogens with two attached hydrogens (primary N) is 1. The summed E-state index contributed by atoms with van der Waals surface area (Å²) in [5, 5.41) is 0. The summed E-state index contributed by atoms with van der Waals surface area (Å²) in [5.74, 6) is 1.99. The predicted octanol–water partition coefficient (Wildman–Crippen LogP) is 2.15. The summed E-state index contributed by atoms with van der Waals surface area (Å²) in [5.41, 5.74) is 5.71. The molecule has 0 aliphatic heterocycles. The summed E-state index contributed by atoms with van der Waals surface area (Å²) in [4.78, 5) is 14.3. The first kappa shape index (κ1) is 12.9. The van der Waals surface area contributed by atoms with Gasteiger partial charge < -0.3 is 10.6 Å². The fourth-order valence-corrected chi connectivity index (χ4v) is 2.24. The molecule has 0 heterocycles. The van der Waals surface area contributed by atoms with Crippen molar-refractivity contribution in [3.8, 4) is 0 Å². The Morgan fingerprint density at radius 2 is 1.76 bits per heavy atom. The van der Waals surface area contributed by atoms with Crippen LogP contribution in [0.3, 0.4) is 0 Å². The van der Waals surface area contributed by atoms with Crippen LogP contribution >= 0.6 is 0 Å². The molecule has 2 rings (SSSR count). The number of hydrogen-bond donors (Lipinski definition) is 1. The van der Waals surface area contributed by atoms with Crippen LogP contribution in [-0.4, -0.2) is 29.9 Å². The van der Waals surface area contributed by atoms with Gasteiger partial charge in [-0.05, 0) is 57.3 Å². The van der Waals surface area contributed by atoms with Crippen molar-refractivity contribution < 1.29 is 4.79 Å². The maximum absolute atomic E-state index is 12.1. The van der Waals surface area contributed by atoms with Gasteiger partial charge >= 0.3 is 0 Å². The van der Waals surface area contributed by atoms with E-state index in [9.17, 15) is 4.79 Å². The van der Waals surface area contributed by atoms with Crippen LogP contribution in [0.25, 0.3) is 0 Å². The zero-order chi connectivity index (χ0) is 12.3. The minimum Gasteiger partial charge on any atom is -0.342 e. The second-order valence-electron chi connectivity index (χ2n) is 6.05. The van der Waals surface area contributed by atoms with Crippen LogP contribution in [0.2, 0.25) is 0 Å². The van der Waals surface area contributed by atoms with Gasteiger partial charge in [0.05, 0.1) is 0 Å². The molecule has 2 saturated carbocycles. The van der Waals surface area contributed by atoms with Crippen LogP contribution in [0.15, 0.2) is 0 Å². The second kappa shape index (κ2) is 5.85. The molecule has 0 bridgehead atoms. The summed E-state index contributed by atoms with van der Waals surface area (Å²) < 4.78 is 0. The van der Waals surface area contributed by atoms with Gasteiger partial charge in [0.1, 0.15) is 0 Å². The molecule has 2 aliphatic rings. The van der Waals surface area contributed by atoms with Crippen LogP contribution in [0.1, 0.15) is 51.9 Å². The standard InChI is InChI=1S/C14H26N2O/c1-11(15)3-2-4-14(17)16(9-12-5-6-12)10-13-7-8-13/h11-13H,2-10,15H2,1H3. The van der Waals surface area contributed by atoms with E-state index in [0.29, 0.717) is 12.3 Å². The molecule has 0 spiro atoms. The third-order valence-corrected chi connectivity index (χ3v) is 3.75. The zero-order valence-electron chi connectivity index (χ0n) is 11.0.